The molecule has 0 atom stereocenters. The Balaban J connectivity index is 6.87. The number of amides is 3. The van der Waals surface area contributed by atoms with Crippen LogP contribution in [0.3, 0.4) is 0 Å². The highest BCUT2D eigenvalue weighted by Crippen LogP contribution is 2.27. The number of aliphatic hydroxyl groups is 6. The Morgan fingerprint density at radius 1 is 0.333 bits per heavy atom. The smallest absolute Gasteiger partial charge is 0.394 e. The van der Waals surface area contributed by atoms with Crippen LogP contribution in [-0.2, 0) is 27.7 Å². The zero-order valence-electron chi connectivity index (χ0n) is 53.3. The molecule has 0 heterocycles. The van der Waals surface area contributed by atoms with E-state index < -0.39 is 84.9 Å². The normalized spacial score (nSPS) is 12.6. The van der Waals surface area contributed by atoms with Gasteiger partial charge < -0.3 is 64.4 Å². The van der Waals surface area contributed by atoms with Crippen LogP contribution in [0, 0.1) is 0 Å². The predicted octanol–water partition coefficient (Wildman–Crippen LogP) is 11.3. The van der Waals surface area contributed by atoms with Gasteiger partial charge in [0.15, 0.2) is 0 Å². The van der Waals surface area contributed by atoms with Crippen LogP contribution < -0.4 is 16.0 Å². The highest BCUT2D eigenvalue weighted by atomic mass is 28.4. The van der Waals surface area contributed by atoms with Gasteiger partial charge in [-0.2, -0.15) is 0 Å². The van der Waals surface area contributed by atoms with Gasteiger partial charge in [-0.15, -0.1) is 0 Å². The maximum absolute atomic E-state index is 13.6. The van der Waals surface area contributed by atoms with Crippen molar-refractivity contribution >= 4 is 26.5 Å². The van der Waals surface area contributed by atoms with Crippen LogP contribution in [0.4, 0.5) is 0 Å². The van der Waals surface area contributed by atoms with Crippen molar-refractivity contribution in [2.45, 2.75) is 307 Å². The van der Waals surface area contributed by atoms with Gasteiger partial charge in [0.1, 0.15) is 16.6 Å². The average Bonchev–Trinajstić information content (AvgIpc) is 3.46. The molecule has 3 amide bonds. The van der Waals surface area contributed by atoms with E-state index in [1.807, 2.05) is 0 Å². The van der Waals surface area contributed by atoms with E-state index in [-0.39, 0.29) is 43.0 Å². The molecule has 0 rings (SSSR count). The standard InChI is InChI=1S/C64H130N4O12Si/c1-7-11-15-19-23-27-31-35-39-44-59(75)65-62(50-69,51-70)56-78-81(49-43-48-68(5,6)47-42-38-34-30-26-22-18-14-10-4,79-57-63(52-71,53-72)66-60(76)45-40-36-32-28-24-20-16-12-8-2)80-58-64(54-73,55-74)67-61(77)46-41-37-33-29-25-21-17-13-9-3/h69-74H,7-58H2,1-6H3,(H2-,65,66,67,75,76,77)/p+1. The summed E-state index contributed by atoms with van der Waals surface area (Å²) < 4.78 is 21.1. The van der Waals surface area contributed by atoms with Gasteiger partial charge in [0.25, 0.3) is 0 Å². The lowest BCUT2D eigenvalue weighted by Crippen LogP contribution is -2.64. The molecule has 0 radical (unpaired) electrons. The number of carbonyl (C=O) groups is 3. The third kappa shape index (κ3) is 41.1. The highest BCUT2D eigenvalue weighted by Gasteiger charge is 2.49. The van der Waals surface area contributed by atoms with Gasteiger partial charge >= 0.3 is 8.80 Å². The second-order valence-electron chi connectivity index (χ2n) is 25.0. The number of carbonyl (C=O) groups excluding carboxylic acids is 3. The summed E-state index contributed by atoms with van der Waals surface area (Å²) >= 11 is 0. The number of hydrogen-bond donors (Lipinski definition) is 9. The summed E-state index contributed by atoms with van der Waals surface area (Å²) in [6.45, 7) is 4.82. The molecule has 16 nitrogen and oxygen atoms in total. The van der Waals surface area contributed by atoms with Crippen molar-refractivity contribution in [2.24, 2.45) is 0 Å². The molecule has 482 valence electrons. The molecule has 9 N–H and O–H groups in total. The monoisotopic (exact) mass is 1180 g/mol. The molecule has 0 saturated heterocycles. The van der Waals surface area contributed by atoms with Crippen LogP contribution in [0.5, 0.6) is 0 Å². The van der Waals surface area contributed by atoms with Gasteiger partial charge in [0, 0.05) is 31.7 Å². The Hall–Kier alpha value is -1.77. The maximum Gasteiger partial charge on any atom is 0.501 e. The number of hydrogen-bond acceptors (Lipinski definition) is 12. The second-order valence-corrected chi connectivity index (χ2v) is 27.8. The van der Waals surface area contributed by atoms with Crippen molar-refractivity contribution in [3.05, 3.63) is 0 Å². The summed E-state index contributed by atoms with van der Waals surface area (Å²) in [7, 11) is 0.00543. The zero-order chi connectivity index (χ0) is 60.2. The Labute approximate surface area is 497 Å². The number of nitrogens with one attached hydrogen (secondary N) is 3. The number of quaternary nitrogens is 1. The van der Waals surface area contributed by atoms with E-state index in [1.54, 1.807) is 0 Å². The molecule has 0 aliphatic carbocycles. The van der Waals surface area contributed by atoms with Gasteiger partial charge in [-0.3, -0.25) is 14.4 Å². The van der Waals surface area contributed by atoms with Crippen molar-refractivity contribution in [3.63, 3.8) is 0 Å². The fraction of sp³-hybridized carbons (Fsp3) is 0.953. The van der Waals surface area contributed by atoms with E-state index >= 15 is 0 Å². The number of aliphatic hydroxyl groups excluding tert-OH is 6. The van der Waals surface area contributed by atoms with Gasteiger partial charge in [-0.05, 0) is 32.1 Å². The molecular weight excluding hydrogens is 1040 g/mol. The first-order valence-electron chi connectivity index (χ1n) is 33.4. The van der Waals surface area contributed by atoms with Gasteiger partial charge in [0.2, 0.25) is 17.7 Å². The first-order chi connectivity index (χ1) is 39.1. The van der Waals surface area contributed by atoms with Crippen LogP contribution in [-0.4, -0.2) is 165 Å². The molecule has 0 saturated carbocycles. The van der Waals surface area contributed by atoms with E-state index in [0.717, 1.165) is 77.2 Å². The van der Waals surface area contributed by atoms with Crippen LogP contribution in [0.2, 0.25) is 6.04 Å². The molecule has 0 bridgehead atoms. The molecule has 0 unspecified atom stereocenters. The summed E-state index contributed by atoms with van der Waals surface area (Å²) in [5, 5.41) is 74.3. The summed E-state index contributed by atoms with van der Waals surface area (Å²) in [6, 6.07) is 0.116. The minimum atomic E-state index is -4.33. The lowest BCUT2D eigenvalue weighted by molar-refractivity contribution is -0.890. The Morgan fingerprint density at radius 2 is 0.543 bits per heavy atom. The van der Waals surface area contributed by atoms with E-state index in [9.17, 15) is 45.0 Å². The van der Waals surface area contributed by atoms with E-state index in [1.165, 1.54) is 141 Å². The third-order valence-electron chi connectivity index (χ3n) is 16.4. The largest absolute Gasteiger partial charge is 0.501 e. The summed E-state index contributed by atoms with van der Waals surface area (Å²) in [5.41, 5.74) is -5.05. The van der Waals surface area contributed by atoms with Crippen molar-refractivity contribution in [2.75, 3.05) is 86.6 Å². The summed E-state index contributed by atoms with van der Waals surface area (Å²) in [4.78, 5) is 40.7. The predicted molar refractivity (Wildman–Crippen MR) is 333 cm³/mol. The minimum Gasteiger partial charge on any atom is -0.394 e. The molecule has 0 aromatic carbocycles. The molecule has 0 fully saturated rings. The fourth-order valence-corrected chi connectivity index (χ4v) is 13.2. The van der Waals surface area contributed by atoms with E-state index in [4.69, 9.17) is 13.3 Å². The molecule has 0 aromatic rings. The van der Waals surface area contributed by atoms with E-state index in [0.29, 0.717) is 36.7 Å². The molecule has 81 heavy (non-hydrogen) atoms. The molecule has 17 heteroatoms. The van der Waals surface area contributed by atoms with Gasteiger partial charge in [-0.25, -0.2) is 0 Å². The lowest BCUT2D eigenvalue weighted by Gasteiger charge is -2.41. The second kappa shape index (κ2) is 51.4. The highest BCUT2D eigenvalue weighted by molar-refractivity contribution is 6.60. The lowest BCUT2D eigenvalue weighted by atomic mass is 10.0. The van der Waals surface area contributed by atoms with Crippen molar-refractivity contribution in [1.29, 1.82) is 0 Å². The Morgan fingerprint density at radius 3 is 0.778 bits per heavy atom. The molecule has 0 spiro atoms. The summed E-state index contributed by atoms with van der Waals surface area (Å²) in [5.74, 6) is -1.09. The van der Waals surface area contributed by atoms with Crippen molar-refractivity contribution in [1.82, 2.24) is 16.0 Å². The first kappa shape index (κ1) is 79.2. The minimum absolute atomic E-state index is 0.116. The van der Waals surface area contributed by atoms with E-state index in [2.05, 4.69) is 57.7 Å². The topological polar surface area (TPSA) is 236 Å². The van der Waals surface area contributed by atoms with Crippen LogP contribution in [0.1, 0.15) is 285 Å². The van der Waals surface area contributed by atoms with Crippen LogP contribution >= 0.6 is 0 Å². The van der Waals surface area contributed by atoms with Crippen LogP contribution in [0.15, 0.2) is 0 Å². The molecule has 0 aliphatic rings. The maximum atomic E-state index is 13.6. The molecule has 0 aromatic heterocycles. The van der Waals surface area contributed by atoms with Gasteiger partial charge in [0.05, 0.1) is 86.6 Å². The first-order valence-corrected chi connectivity index (χ1v) is 35.4. The fourth-order valence-electron chi connectivity index (χ4n) is 10.4. The Kier molecular flexibility index (Phi) is 50.3. The van der Waals surface area contributed by atoms with Gasteiger partial charge in [-0.1, -0.05) is 227 Å². The van der Waals surface area contributed by atoms with Crippen LogP contribution in [0.25, 0.3) is 0 Å². The molecule has 0 aliphatic heterocycles. The number of unbranched alkanes of at least 4 members (excludes halogenated alkanes) is 32. The average molecular weight is 1180 g/mol. The van der Waals surface area contributed by atoms with Crippen molar-refractivity contribution in [3.8, 4) is 0 Å². The number of nitrogens with zero attached hydrogens (tertiary/aromatic N) is 1. The quantitative estimate of drug-likeness (QED) is 0.0157. The molecular formula is C64H131N4O12Si+. The third-order valence-corrected chi connectivity index (χ3v) is 19.1. The van der Waals surface area contributed by atoms with Crippen molar-refractivity contribution < 1.29 is 62.8 Å². The SMILES string of the molecule is CCCCCCCCCCCC(=O)NC(CO)(CO)CO[Si](CCC[N+](C)(C)CCCCCCCCCCC)(OCC(CO)(CO)NC(=O)CCCCCCCCCCC)OCC(CO)(CO)NC(=O)CCCCCCCCCCC. The zero-order valence-corrected chi connectivity index (χ0v) is 54.3. The summed E-state index contributed by atoms with van der Waals surface area (Å²) in [6.07, 6.45) is 41.0. The Bertz CT molecular complexity index is 1330. The number of rotatable bonds is 62.